The SMILES string of the molecule is CCC1CCC(O)(CNS(=O)(=O)c2ccc(C#N)s2)CC1. The van der Waals surface area contributed by atoms with Gasteiger partial charge >= 0.3 is 0 Å². The van der Waals surface area contributed by atoms with E-state index in [1.165, 1.54) is 12.1 Å². The largest absolute Gasteiger partial charge is 0.389 e. The zero-order chi connectivity index (χ0) is 15.5. The molecule has 2 N–H and O–H groups in total. The highest BCUT2D eigenvalue weighted by Crippen LogP contribution is 2.33. The highest BCUT2D eigenvalue weighted by Gasteiger charge is 2.34. The number of nitriles is 1. The molecule has 0 bridgehead atoms. The molecule has 0 amide bonds. The molecule has 1 aliphatic carbocycles. The first kappa shape index (κ1) is 16.4. The predicted octanol–water partition coefficient (Wildman–Crippen LogP) is 2.23. The van der Waals surface area contributed by atoms with Crippen LogP contribution in [-0.4, -0.2) is 25.7 Å². The van der Waals surface area contributed by atoms with E-state index in [1.54, 1.807) is 0 Å². The number of aliphatic hydroxyl groups is 1. The summed E-state index contributed by atoms with van der Waals surface area (Å²) in [5.74, 6) is 0.636. The molecular formula is C14H20N2O3S2. The van der Waals surface area contributed by atoms with Gasteiger partial charge in [0.15, 0.2) is 0 Å². The van der Waals surface area contributed by atoms with Crippen molar-refractivity contribution in [3.63, 3.8) is 0 Å². The van der Waals surface area contributed by atoms with Crippen molar-refractivity contribution >= 4 is 21.4 Å². The monoisotopic (exact) mass is 328 g/mol. The van der Waals surface area contributed by atoms with E-state index in [-0.39, 0.29) is 10.8 Å². The summed E-state index contributed by atoms with van der Waals surface area (Å²) in [7, 11) is -3.65. The average Bonchev–Trinajstić information content (AvgIpc) is 2.96. The van der Waals surface area contributed by atoms with E-state index >= 15 is 0 Å². The molecule has 7 heteroatoms. The fourth-order valence-electron chi connectivity index (χ4n) is 2.63. The Hall–Kier alpha value is -0.940. The van der Waals surface area contributed by atoms with E-state index in [1.807, 2.05) is 6.07 Å². The average molecular weight is 328 g/mol. The Kier molecular flexibility index (Phi) is 5.04. The van der Waals surface area contributed by atoms with Crippen LogP contribution in [0.1, 0.15) is 43.9 Å². The van der Waals surface area contributed by atoms with Gasteiger partial charge in [0.05, 0.1) is 5.60 Å². The van der Waals surface area contributed by atoms with Gasteiger partial charge in [-0.2, -0.15) is 5.26 Å². The topological polar surface area (TPSA) is 90.2 Å². The Morgan fingerprint density at radius 2 is 2.14 bits per heavy atom. The number of nitrogens with one attached hydrogen (secondary N) is 1. The maximum Gasteiger partial charge on any atom is 0.250 e. The van der Waals surface area contributed by atoms with E-state index in [2.05, 4.69) is 11.6 Å². The number of rotatable bonds is 5. The molecule has 5 nitrogen and oxygen atoms in total. The van der Waals surface area contributed by atoms with Crippen LogP contribution in [0, 0.1) is 17.2 Å². The van der Waals surface area contributed by atoms with Crippen LogP contribution in [0.5, 0.6) is 0 Å². The van der Waals surface area contributed by atoms with Crippen molar-refractivity contribution in [1.29, 1.82) is 5.26 Å². The fraction of sp³-hybridized carbons (Fsp3) is 0.643. The Labute approximate surface area is 129 Å². The Balaban J connectivity index is 1.97. The third-order valence-electron chi connectivity index (χ3n) is 4.16. The zero-order valence-electron chi connectivity index (χ0n) is 12.0. The normalized spacial score (nSPS) is 26.4. The van der Waals surface area contributed by atoms with Gasteiger partial charge in [0.2, 0.25) is 10.0 Å². The van der Waals surface area contributed by atoms with Gasteiger partial charge in [0.25, 0.3) is 0 Å². The predicted molar refractivity (Wildman–Crippen MR) is 81.4 cm³/mol. The Morgan fingerprint density at radius 3 is 2.67 bits per heavy atom. The summed E-state index contributed by atoms with van der Waals surface area (Å²) in [5.41, 5.74) is -0.950. The standard InChI is InChI=1S/C14H20N2O3S2/c1-2-11-5-7-14(17,8-6-11)10-16-21(18,19)13-4-3-12(9-15)20-13/h3-4,11,16-17H,2,5-8,10H2,1H3. The maximum atomic E-state index is 12.1. The Bertz CT molecular complexity index is 623. The van der Waals surface area contributed by atoms with Crippen molar-refractivity contribution in [3.05, 3.63) is 17.0 Å². The van der Waals surface area contributed by atoms with Crippen LogP contribution in [0.15, 0.2) is 16.3 Å². The van der Waals surface area contributed by atoms with Crippen LogP contribution in [-0.2, 0) is 10.0 Å². The van der Waals surface area contributed by atoms with Crippen LogP contribution in [0.2, 0.25) is 0 Å². The molecule has 1 aliphatic rings. The zero-order valence-corrected chi connectivity index (χ0v) is 13.6. The second kappa shape index (κ2) is 6.44. The van der Waals surface area contributed by atoms with Crippen LogP contribution >= 0.6 is 11.3 Å². The summed E-state index contributed by atoms with van der Waals surface area (Å²) in [6.07, 6.45) is 4.23. The third kappa shape index (κ3) is 4.04. The van der Waals surface area contributed by atoms with Gasteiger partial charge in [-0.1, -0.05) is 13.3 Å². The van der Waals surface area contributed by atoms with Gasteiger partial charge < -0.3 is 5.11 Å². The van der Waals surface area contributed by atoms with Crippen LogP contribution in [0.3, 0.4) is 0 Å². The van der Waals surface area contributed by atoms with Crippen LogP contribution in [0.4, 0.5) is 0 Å². The lowest BCUT2D eigenvalue weighted by molar-refractivity contribution is -0.00441. The number of sulfonamides is 1. The summed E-state index contributed by atoms with van der Waals surface area (Å²) in [4.78, 5) is 0.359. The number of hydrogen-bond donors (Lipinski definition) is 2. The molecule has 21 heavy (non-hydrogen) atoms. The molecule has 0 aliphatic heterocycles. The quantitative estimate of drug-likeness (QED) is 0.867. The van der Waals surface area contributed by atoms with Crippen LogP contribution in [0.25, 0.3) is 0 Å². The minimum atomic E-state index is -3.65. The Morgan fingerprint density at radius 1 is 1.48 bits per heavy atom. The molecule has 0 unspecified atom stereocenters. The van der Waals surface area contributed by atoms with E-state index < -0.39 is 15.6 Å². The second-order valence-electron chi connectivity index (χ2n) is 5.63. The molecule has 1 aromatic heterocycles. The van der Waals surface area contributed by atoms with Crippen molar-refractivity contribution in [1.82, 2.24) is 4.72 Å². The lowest BCUT2D eigenvalue weighted by Gasteiger charge is -2.35. The summed E-state index contributed by atoms with van der Waals surface area (Å²) in [6, 6.07) is 4.83. The first-order chi connectivity index (χ1) is 9.88. The molecule has 0 aromatic carbocycles. The van der Waals surface area contributed by atoms with Gasteiger partial charge in [-0.25, -0.2) is 13.1 Å². The lowest BCUT2D eigenvalue weighted by atomic mass is 9.78. The third-order valence-corrected chi connectivity index (χ3v) is 7.04. The number of thiophene rings is 1. The van der Waals surface area contributed by atoms with E-state index in [0.29, 0.717) is 23.6 Å². The minimum Gasteiger partial charge on any atom is -0.389 e. The summed E-state index contributed by atoms with van der Waals surface area (Å²) in [6.45, 7) is 2.17. The second-order valence-corrected chi connectivity index (χ2v) is 8.71. The molecule has 0 atom stereocenters. The van der Waals surface area contributed by atoms with E-state index in [9.17, 15) is 13.5 Å². The maximum absolute atomic E-state index is 12.1. The first-order valence-electron chi connectivity index (χ1n) is 7.10. The van der Waals surface area contributed by atoms with Crippen molar-refractivity contribution in [2.24, 2.45) is 5.92 Å². The van der Waals surface area contributed by atoms with Crippen molar-refractivity contribution in [3.8, 4) is 6.07 Å². The number of nitrogens with zero attached hydrogens (tertiary/aromatic N) is 1. The smallest absolute Gasteiger partial charge is 0.250 e. The van der Waals surface area contributed by atoms with Crippen molar-refractivity contribution in [2.45, 2.75) is 48.8 Å². The summed E-state index contributed by atoms with van der Waals surface area (Å²) in [5, 5.41) is 19.2. The van der Waals surface area contributed by atoms with Gasteiger partial charge in [-0.05, 0) is 43.7 Å². The van der Waals surface area contributed by atoms with Crippen molar-refractivity contribution in [2.75, 3.05) is 6.54 Å². The molecular weight excluding hydrogens is 308 g/mol. The molecule has 0 saturated heterocycles. The molecule has 1 fully saturated rings. The van der Waals surface area contributed by atoms with Crippen LogP contribution < -0.4 is 4.72 Å². The highest BCUT2D eigenvalue weighted by atomic mass is 32.2. The molecule has 116 valence electrons. The van der Waals surface area contributed by atoms with E-state index in [0.717, 1.165) is 30.6 Å². The first-order valence-corrected chi connectivity index (χ1v) is 9.40. The molecule has 0 spiro atoms. The molecule has 1 heterocycles. The van der Waals surface area contributed by atoms with Gasteiger partial charge in [0.1, 0.15) is 15.2 Å². The highest BCUT2D eigenvalue weighted by molar-refractivity contribution is 7.91. The lowest BCUT2D eigenvalue weighted by Crippen LogP contribution is -2.45. The van der Waals surface area contributed by atoms with Crippen molar-refractivity contribution < 1.29 is 13.5 Å². The van der Waals surface area contributed by atoms with E-state index in [4.69, 9.17) is 5.26 Å². The fourth-order valence-corrected chi connectivity index (χ4v) is 4.89. The van der Waals surface area contributed by atoms with Gasteiger partial charge in [0, 0.05) is 6.54 Å². The summed E-state index contributed by atoms with van der Waals surface area (Å²) < 4.78 is 26.9. The molecule has 2 rings (SSSR count). The molecule has 0 radical (unpaired) electrons. The minimum absolute atomic E-state index is 0.0333. The molecule has 1 aromatic rings. The van der Waals surface area contributed by atoms with Gasteiger partial charge in [-0.3, -0.25) is 0 Å². The molecule has 1 saturated carbocycles. The van der Waals surface area contributed by atoms with Gasteiger partial charge in [-0.15, -0.1) is 11.3 Å². The number of hydrogen-bond acceptors (Lipinski definition) is 5. The summed E-state index contributed by atoms with van der Waals surface area (Å²) >= 11 is 0.936.